The lowest BCUT2D eigenvalue weighted by Gasteiger charge is -2.12. The van der Waals surface area contributed by atoms with E-state index in [1.165, 1.54) is 6.92 Å². The zero-order chi connectivity index (χ0) is 8.70. The standard InChI is InChI=1S/C5H8O4S2/c1-5(4(6)7)2-10-11(8,9)3-5/h2-3H2,1H3,(H,6,7). The zero-order valence-electron chi connectivity index (χ0n) is 5.90. The van der Waals surface area contributed by atoms with Crippen molar-refractivity contribution in [3.63, 3.8) is 0 Å². The third kappa shape index (κ3) is 1.67. The van der Waals surface area contributed by atoms with E-state index in [1.54, 1.807) is 0 Å². The Hall–Kier alpha value is -0.230. The van der Waals surface area contributed by atoms with Gasteiger partial charge in [-0.05, 0) is 17.7 Å². The summed E-state index contributed by atoms with van der Waals surface area (Å²) in [5.74, 6) is -1.13. The number of hydrogen-bond acceptors (Lipinski definition) is 4. The van der Waals surface area contributed by atoms with Crippen LogP contribution in [0.1, 0.15) is 6.92 Å². The van der Waals surface area contributed by atoms with E-state index in [0.717, 1.165) is 10.8 Å². The first-order chi connectivity index (χ1) is 4.86. The average Bonchev–Trinajstić information content (AvgIpc) is 2.08. The molecule has 1 rings (SSSR count). The minimum absolute atomic E-state index is 0.157. The first-order valence-electron chi connectivity index (χ1n) is 2.96. The Morgan fingerprint density at radius 2 is 2.18 bits per heavy atom. The van der Waals surface area contributed by atoms with Crippen molar-refractivity contribution in [2.24, 2.45) is 5.41 Å². The number of rotatable bonds is 1. The van der Waals surface area contributed by atoms with Gasteiger partial charge >= 0.3 is 5.97 Å². The number of carbonyl (C=O) groups is 1. The highest BCUT2D eigenvalue weighted by atomic mass is 33.1. The average molecular weight is 196 g/mol. The van der Waals surface area contributed by atoms with Crippen LogP contribution >= 0.6 is 10.8 Å². The highest BCUT2D eigenvalue weighted by Gasteiger charge is 2.45. The molecule has 0 aliphatic carbocycles. The van der Waals surface area contributed by atoms with Gasteiger partial charge in [0.25, 0.3) is 0 Å². The van der Waals surface area contributed by atoms with E-state index >= 15 is 0 Å². The Balaban J connectivity index is 2.90. The second kappa shape index (κ2) is 2.38. The van der Waals surface area contributed by atoms with Crippen molar-refractivity contribution in [2.75, 3.05) is 11.5 Å². The van der Waals surface area contributed by atoms with Gasteiger partial charge in [-0.3, -0.25) is 4.79 Å². The summed E-state index contributed by atoms with van der Waals surface area (Å²) in [5.41, 5.74) is -1.08. The van der Waals surface area contributed by atoms with Gasteiger partial charge in [0.2, 0.25) is 8.87 Å². The predicted octanol–water partition coefficient (Wildman–Crippen LogP) is 0.154. The fourth-order valence-electron chi connectivity index (χ4n) is 0.817. The molecular formula is C5H8O4S2. The molecule has 1 fully saturated rings. The fraction of sp³-hybridized carbons (Fsp3) is 0.800. The van der Waals surface area contributed by atoms with Gasteiger partial charge in [0.05, 0.1) is 11.2 Å². The van der Waals surface area contributed by atoms with E-state index in [1.807, 2.05) is 0 Å². The molecule has 0 aromatic carbocycles. The van der Waals surface area contributed by atoms with Gasteiger partial charge in [-0.1, -0.05) is 0 Å². The van der Waals surface area contributed by atoms with Crippen molar-refractivity contribution in [1.29, 1.82) is 0 Å². The third-order valence-corrected chi connectivity index (χ3v) is 5.46. The summed E-state index contributed by atoms with van der Waals surface area (Å²) in [4.78, 5) is 10.5. The number of hydrogen-bond donors (Lipinski definition) is 1. The molecule has 4 nitrogen and oxygen atoms in total. The fourth-order valence-corrected chi connectivity index (χ4v) is 5.05. The SMILES string of the molecule is CC1(C(=O)O)CSS(=O)(=O)C1. The van der Waals surface area contributed by atoms with E-state index in [0.29, 0.717) is 0 Å². The smallest absolute Gasteiger partial charge is 0.311 e. The molecule has 1 saturated heterocycles. The van der Waals surface area contributed by atoms with Gasteiger partial charge in [0, 0.05) is 5.75 Å². The Morgan fingerprint density at radius 1 is 1.64 bits per heavy atom. The molecule has 0 radical (unpaired) electrons. The second-order valence-electron chi connectivity index (χ2n) is 2.83. The van der Waals surface area contributed by atoms with Crippen LogP contribution in [0.4, 0.5) is 0 Å². The molecule has 1 aliphatic heterocycles. The third-order valence-electron chi connectivity index (χ3n) is 1.57. The molecule has 1 atom stereocenters. The van der Waals surface area contributed by atoms with Gasteiger partial charge in [-0.2, -0.15) is 0 Å². The van der Waals surface area contributed by atoms with Crippen molar-refractivity contribution >= 4 is 25.6 Å². The molecule has 0 amide bonds. The van der Waals surface area contributed by atoms with Crippen LogP contribution in [0, 0.1) is 5.41 Å². The summed E-state index contributed by atoms with van der Waals surface area (Å²) >= 11 is 0. The molecule has 0 bridgehead atoms. The Kier molecular flexibility index (Phi) is 1.92. The molecule has 11 heavy (non-hydrogen) atoms. The normalized spacial score (nSPS) is 35.4. The summed E-state index contributed by atoms with van der Waals surface area (Å²) in [6.07, 6.45) is 0. The summed E-state index contributed by atoms with van der Waals surface area (Å²) in [6.45, 7) is 1.45. The molecule has 1 N–H and O–H groups in total. The van der Waals surface area contributed by atoms with Crippen molar-refractivity contribution < 1.29 is 18.3 Å². The van der Waals surface area contributed by atoms with Gasteiger partial charge in [0.15, 0.2) is 0 Å². The van der Waals surface area contributed by atoms with E-state index in [9.17, 15) is 13.2 Å². The first-order valence-corrected chi connectivity index (χ1v) is 6.12. The van der Waals surface area contributed by atoms with Crippen LogP contribution < -0.4 is 0 Å². The summed E-state index contributed by atoms with van der Waals surface area (Å²) in [5, 5.41) is 8.63. The molecule has 0 aromatic rings. The highest BCUT2D eigenvalue weighted by Crippen LogP contribution is 2.37. The van der Waals surface area contributed by atoms with Crippen LogP contribution in [0.3, 0.4) is 0 Å². The summed E-state index contributed by atoms with van der Waals surface area (Å²) in [6, 6.07) is 0. The van der Waals surface area contributed by atoms with Crippen LogP contribution in [0.15, 0.2) is 0 Å². The van der Waals surface area contributed by atoms with Crippen LogP contribution in [0.25, 0.3) is 0 Å². The number of carboxylic acids is 1. The summed E-state index contributed by atoms with van der Waals surface area (Å²) in [7, 11) is -2.44. The largest absolute Gasteiger partial charge is 0.481 e. The molecule has 0 saturated carbocycles. The van der Waals surface area contributed by atoms with Crippen molar-refractivity contribution in [3.8, 4) is 0 Å². The zero-order valence-corrected chi connectivity index (χ0v) is 7.54. The second-order valence-corrected chi connectivity index (χ2v) is 6.99. The minimum atomic E-state index is -3.16. The molecule has 0 spiro atoms. The maximum atomic E-state index is 10.9. The minimum Gasteiger partial charge on any atom is -0.481 e. The molecule has 1 aliphatic rings. The van der Waals surface area contributed by atoms with E-state index in [2.05, 4.69) is 0 Å². The van der Waals surface area contributed by atoms with Crippen molar-refractivity contribution in [1.82, 2.24) is 0 Å². The Bertz CT molecular complexity index is 281. The maximum absolute atomic E-state index is 10.9. The van der Waals surface area contributed by atoms with E-state index in [-0.39, 0.29) is 11.5 Å². The van der Waals surface area contributed by atoms with Crippen molar-refractivity contribution in [2.45, 2.75) is 6.92 Å². The van der Waals surface area contributed by atoms with E-state index in [4.69, 9.17) is 5.11 Å². The lowest BCUT2D eigenvalue weighted by atomic mass is 9.97. The highest BCUT2D eigenvalue weighted by molar-refractivity contribution is 8.72. The van der Waals surface area contributed by atoms with Gasteiger partial charge in [-0.25, -0.2) is 8.42 Å². The van der Waals surface area contributed by atoms with Gasteiger partial charge in [-0.15, -0.1) is 0 Å². The first kappa shape index (κ1) is 8.86. The molecule has 0 aromatic heterocycles. The van der Waals surface area contributed by atoms with Crippen molar-refractivity contribution in [3.05, 3.63) is 0 Å². The van der Waals surface area contributed by atoms with Gasteiger partial charge < -0.3 is 5.11 Å². The number of carboxylic acid groups (broad SMARTS) is 1. The molecular weight excluding hydrogens is 188 g/mol. The maximum Gasteiger partial charge on any atom is 0.311 e. The van der Waals surface area contributed by atoms with E-state index < -0.39 is 20.3 Å². The summed E-state index contributed by atoms with van der Waals surface area (Å²) < 4.78 is 21.7. The number of aliphatic carboxylic acids is 1. The topological polar surface area (TPSA) is 71.4 Å². The lowest BCUT2D eigenvalue weighted by molar-refractivity contribution is -0.145. The quantitative estimate of drug-likeness (QED) is 0.605. The molecule has 64 valence electrons. The molecule has 1 unspecified atom stereocenters. The van der Waals surface area contributed by atoms with Crippen LogP contribution in [-0.4, -0.2) is 31.0 Å². The van der Waals surface area contributed by atoms with Crippen LogP contribution in [0.5, 0.6) is 0 Å². The van der Waals surface area contributed by atoms with Gasteiger partial charge in [0.1, 0.15) is 0 Å². The molecule has 1 heterocycles. The Labute approximate surface area is 68.3 Å². The monoisotopic (exact) mass is 196 g/mol. The van der Waals surface area contributed by atoms with Crippen LogP contribution in [-0.2, 0) is 13.7 Å². The Morgan fingerprint density at radius 3 is 2.36 bits per heavy atom. The van der Waals surface area contributed by atoms with Crippen LogP contribution in [0.2, 0.25) is 0 Å². The molecule has 6 heteroatoms. The lowest BCUT2D eigenvalue weighted by Crippen LogP contribution is -2.31. The predicted molar refractivity (Wildman–Crippen MR) is 42.0 cm³/mol.